The van der Waals surface area contributed by atoms with Crippen molar-refractivity contribution < 1.29 is 24.3 Å². The van der Waals surface area contributed by atoms with Gasteiger partial charge >= 0.3 is 5.97 Å². The Morgan fingerprint density at radius 2 is 2.02 bits per heavy atom. The molecule has 0 bridgehead atoms. The van der Waals surface area contributed by atoms with Crippen LogP contribution in [0.1, 0.15) is 26.7 Å². The van der Waals surface area contributed by atoms with Crippen molar-refractivity contribution in [3.63, 3.8) is 0 Å². The summed E-state index contributed by atoms with van der Waals surface area (Å²) in [7, 11) is 0. The smallest absolute Gasteiger partial charge is 0.353 e. The number of hydrogen-bond acceptors (Lipinski definition) is 10. The molecule has 0 spiro atoms. The number of thioether (sulfide) groups is 1. The third-order valence-electron chi connectivity index (χ3n) is 10.2. The zero-order valence-electron chi connectivity index (χ0n) is 23.0. The summed E-state index contributed by atoms with van der Waals surface area (Å²) in [6.45, 7) is 6.99. The number of β-lactam (4-membered cyclic amide) rings is 1. The van der Waals surface area contributed by atoms with Gasteiger partial charge in [0.25, 0.3) is 0 Å². The minimum absolute atomic E-state index is 0.0248. The quantitative estimate of drug-likeness (QED) is 0.261. The maximum absolute atomic E-state index is 13.4. The molecular formula is C26H35N9O5S. The molecule has 0 radical (unpaired) electrons. The van der Waals surface area contributed by atoms with E-state index in [-0.39, 0.29) is 53.2 Å². The lowest BCUT2D eigenvalue weighted by atomic mass is 9.63. The van der Waals surface area contributed by atoms with Gasteiger partial charge < -0.3 is 30.9 Å². The van der Waals surface area contributed by atoms with E-state index in [0.29, 0.717) is 41.7 Å². The Morgan fingerprint density at radius 3 is 2.78 bits per heavy atom. The molecule has 7 rings (SSSR count). The molecule has 4 N–H and O–H groups in total. The molecule has 220 valence electrons. The number of carbonyl (C=O) groups excluding carboxylic acids is 3. The molecule has 10 atom stereocenters. The molecule has 5 aliphatic heterocycles. The van der Waals surface area contributed by atoms with Gasteiger partial charge in [-0.1, -0.05) is 6.92 Å². The van der Waals surface area contributed by atoms with Crippen molar-refractivity contribution in [2.24, 2.45) is 29.6 Å². The average molecular weight is 586 g/mol. The predicted octanol–water partition coefficient (Wildman–Crippen LogP) is -1.52. The first-order valence-corrected chi connectivity index (χ1v) is 15.3. The van der Waals surface area contributed by atoms with E-state index >= 15 is 0 Å². The van der Waals surface area contributed by atoms with Crippen LogP contribution in [0.3, 0.4) is 0 Å². The van der Waals surface area contributed by atoms with Gasteiger partial charge in [0.1, 0.15) is 18.6 Å². The van der Waals surface area contributed by atoms with Crippen LogP contribution in [0.25, 0.3) is 0 Å². The molecular weight excluding hydrogens is 550 g/mol. The zero-order chi connectivity index (χ0) is 28.6. The Hall–Kier alpha value is -3.04. The van der Waals surface area contributed by atoms with Crippen LogP contribution in [-0.2, 0) is 25.7 Å². The fourth-order valence-electron chi connectivity index (χ4n) is 8.29. The second kappa shape index (κ2) is 10.1. The fourth-order valence-corrected chi connectivity index (χ4v) is 9.76. The summed E-state index contributed by atoms with van der Waals surface area (Å²) in [5, 5.41) is 30.7. The number of aliphatic carboxylic acids is 1. The van der Waals surface area contributed by atoms with Gasteiger partial charge in [-0.2, -0.15) is 0 Å². The lowest BCUT2D eigenvalue weighted by Crippen LogP contribution is -2.66. The first-order chi connectivity index (χ1) is 19.7. The minimum atomic E-state index is -1.13. The fraction of sp³-hybridized carbons (Fsp3) is 0.731. The first-order valence-electron chi connectivity index (χ1n) is 14.5. The number of rotatable bonds is 8. The molecule has 6 aliphatic rings. The number of nitrogens with one attached hydrogen (secondary N) is 3. The molecule has 15 heteroatoms. The summed E-state index contributed by atoms with van der Waals surface area (Å²) in [4.78, 5) is 55.5. The minimum Gasteiger partial charge on any atom is -0.477 e. The highest BCUT2D eigenvalue weighted by atomic mass is 32.2. The standard InChI is InChI=1S/C26H35N9O5S/c1-11-21-19(12(2)30-18(36)9-34-10-29-31-32-34)25(38)35(21)22(26(39)40)23(11)41-13-5-17(28-6-13)24(37)33-7-15-14-3-4-27-20(14)16(15)8-33/h10-17,19-21,27-28H,3-9H2,1-2H3,(H,30,36)(H,39,40)/t11-,12?,13?,14-,15?,16?,17?,19-,20?,21-/m1/s1. The first kappa shape index (κ1) is 26.8. The number of carboxylic acids is 1. The average Bonchev–Trinajstić information content (AvgIpc) is 3.74. The van der Waals surface area contributed by atoms with Crippen LogP contribution in [0.5, 0.6) is 0 Å². The normalized spacial score (nSPS) is 37.8. The van der Waals surface area contributed by atoms with Crippen LogP contribution >= 0.6 is 11.8 Å². The van der Waals surface area contributed by atoms with Crippen molar-refractivity contribution in [3.8, 4) is 0 Å². The number of tetrazole rings is 1. The van der Waals surface area contributed by atoms with Gasteiger partial charge in [0, 0.05) is 47.8 Å². The van der Waals surface area contributed by atoms with Gasteiger partial charge in [-0.25, -0.2) is 9.48 Å². The van der Waals surface area contributed by atoms with Crippen LogP contribution in [-0.4, -0.2) is 114 Å². The molecule has 0 aromatic carbocycles. The monoisotopic (exact) mass is 585 g/mol. The topological polar surface area (TPSA) is 175 Å². The molecule has 41 heavy (non-hydrogen) atoms. The molecule has 6 heterocycles. The predicted molar refractivity (Wildman–Crippen MR) is 145 cm³/mol. The molecule has 1 aromatic rings. The highest BCUT2D eigenvalue weighted by molar-refractivity contribution is 8.03. The highest BCUT2D eigenvalue weighted by Gasteiger charge is 2.61. The summed E-state index contributed by atoms with van der Waals surface area (Å²) >= 11 is 1.48. The summed E-state index contributed by atoms with van der Waals surface area (Å²) in [5.41, 5.74) is 0.0332. The molecule has 4 saturated heterocycles. The summed E-state index contributed by atoms with van der Waals surface area (Å²) in [6.07, 6.45) is 3.16. The van der Waals surface area contributed by atoms with E-state index < -0.39 is 17.9 Å². The van der Waals surface area contributed by atoms with Gasteiger partial charge in [-0.15, -0.1) is 16.9 Å². The van der Waals surface area contributed by atoms with Crippen LogP contribution in [0, 0.1) is 29.6 Å². The molecule has 1 aliphatic carbocycles. The van der Waals surface area contributed by atoms with Gasteiger partial charge in [-0.3, -0.25) is 14.4 Å². The van der Waals surface area contributed by atoms with Crippen molar-refractivity contribution in [2.75, 3.05) is 26.2 Å². The maximum atomic E-state index is 13.4. The van der Waals surface area contributed by atoms with Crippen LogP contribution in [0.15, 0.2) is 16.9 Å². The van der Waals surface area contributed by atoms with Gasteiger partial charge in [0.05, 0.1) is 18.0 Å². The van der Waals surface area contributed by atoms with E-state index in [1.165, 1.54) is 34.1 Å². The third kappa shape index (κ3) is 4.26. The van der Waals surface area contributed by atoms with Crippen LogP contribution in [0.2, 0.25) is 0 Å². The van der Waals surface area contributed by atoms with E-state index in [0.717, 1.165) is 19.6 Å². The number of carboxylic acid groups (broad SMARTS) is 1. The van der Waals surface area contributed by atoms with Gasteiger partial charge in [0.2, 0.25) is 17.7 Å². The van der Waals surface area contributed by atoms with E-state index in [2.05, 4.69) is 31.5 Å². The van der Waals surface area contributed by atoms with Gasteiger partial charge in [-0.05, 0) is 54.5 Å². The second-order valence-electron chi connectivity index (χ2n) is 12.3. The molecule has 6 unspecified atom stereocenters. The van der Waals surface area contributed by atoms with Crippen LogP contribution in [0.4, 0.5) is 0 Å². The van der Waals surface area contributed by atoms with Gasteiger partial charge in [0.15, 0.2) is 0 Å². The van der Waals surface area contributed by atoms with Crippen molar-refractivity contribution in [1.29, 1.82) is 0 Å². The lowest BCUT2D eigenvalue weighted by molar-refractivity contribution is -0.158. The number of aromatic nitrogens is 4. The van der Waals surface area contributed by atoms with Crippen molar-refractivity contribution in [1.82, 2.24) is 46.0 Å². The molecule has 14 nitrogen and oxygen atoms in total. The molecule has 1 aromatic heterocycles. The highest BCUT2D eigenvalue weighted by Crippen LogP contribution is 2.52. The van der Waals surface area contributed by atoms with E-state index in [1.807, 2.05) is 11.8 Å². The summed E-state index contributed by atoms with van der Waals surface area (Å²) < 4.78 is 1.29. The Bertz CT molecular complexity index is 1290. The Morgan fingerprint density at radius 1 is 1.22 bits per heavy atom. The van der Waals surface area contributed by atoms with E-state index in [4.69, 9.17) is 0 Å². The Labute approximate surface area is 241 Å². The number of amides is 3. The van der Waals surface area contributed by atoms with Crippen LogP contribution < -0.4 is 16.0 Å². The zero-order valence-corrected chi connectivity index (χ0v) is 23.8. The molecule has 5 fully saturated rings. The number of fused-ring (bicyclic) bond motifs is 5. The van der Waals surface area contributed by atoms with Crippen molar-refractivity contribution >= 4 is 35.5 Å². The van der Waals surface area contributed by atoms with Crippen molar-refractivity contribution in [3.05, 3.63) is 16.9 Å². The lowest BCUT2D eigenvalue weighted by Gasteiger charge is -2.47. The number of nitrogens with zero attached hydrogens (tertiary/aromatic N) is 6. The molecule has 3 amide bonds. The summed E-state index contributed by atoms with van der Waals surface area (Å²) in [5.74, 6) is -0.452. The second-order valence-corrected chi connectivity index (χ2v) is 13.7. The number of hydrogen-bond donors (Lipinski definition) is 4. The third-order valence-corrected chi connectivity index (χ3v) is 11.7. The largest absolute Gasteiger partial charge is 0.477 e. The van der Waals surface area contributed by atoms with Crippen molar-refractivity contribution in [2.45, 2.75) is 62.7 Å². The summed E-state index contributed by atoms with van der Waals surface area (Å²) in [6, 6.07) is -0.540. The maximum Gasteiger partial charge on any atom is 0.353 e. The van der Waals surface area contributed by atoms with E-state index in [1.54, 1.807) is 6.92 Å². The SMILES string of the molecule is CC(NC(=O)Cn1cnnn1)[C@H]1C(=O)N2C(C(=O)O)=C(SC3CNC(C(=O)N4CC5C(C4)[C@H]4CCNC54)C3)[C@H](C)[C@H]12. The number of likely N-dealkylation sites (tertiary alicyclic amines) is 1. The Balaban J connectivity index is 0.979. The Kier molecular flexibility index (Phi) is 6.58. The van der Waals surface area contributed by atoms with E-state index in [9.17, 15) is 24.3 Å². The number of carbonyl (C=O) groups is 4. The molecule has 1 saturated carbocycles.